The SMILES string of the molecule is CC(C)Cc1noc(COC(=O)c2ccccc2NC(=O)c2ccccc2)n1. The van der Waals surface area contributed by atoms with Gasteiger partial charge in [0.2, 0.25) is 0 Å². The topological polar surface area (TPSA) is 94.3 Å². The summed E-state index contributed by atoms with van der Waals surface area (Å²) in [6, 6.07) is 15.4. The molecule has 2 aromatic carbocycles. The number of carbonyl (C=O) groups is 2. The number of ether oxygens (including phenoxy) is 1. The molecule has 7 heteroatoms. The van der Waals surface area contributed by atoms with Gasteiger partial charge in [-0.15, -0.1) is 0 Å². The highest BCUT2D eigenvalue weighted by Crippen LogP contribution is 2.18. The summed E-state index contributed by atoms with van der Waals surface area (Å²) in [6.45, 7) is 3.97. The van der Waals surface area contributed by atoms with Gasteiger partial charge in [-0.2, -0.15) is 4.98 Å². The van der Waals surface area contributed by atoms with Crippen molar-refractivity contribution < 1.29 is 18.8 Å². The number of hydrogen-bond donors (Lipinski definition) is 1. The van der Waals surface area contributed by atoms with E-state index < -0.39 is 5.97 Å². The van der Waals surface area contributed by atoms with Crippen LogP contribution in [0.1, 0.15) is 46.3 Å². The maximum absolute atomic E-state index is 12.5. The van der Waals surface area contributed by atoms with E-state index in [1.165, 1.54) is 0 Å². The third-order valence-corrected chi connectivity index (χ3v) is 3.86. The summed E-state index contributed by atoms with van der Waals surface area (Å²) in [5.74, 6) is 0.308. The number of nitrogens with zero attached hydrogens (tertiary/aromatic N) is 2. The monoisotopic (exact) mass is 379 g/mol. The first-order valence-electron chi connectivity index (χ1n) is 8.97. The Labute approximate surface area is 162 Å². The van der Waals surface area contributed by atoms with E-state index in [1.54, 1.807) is 48.5 Å². The van der Waals surface area contributed by atoms with E-state index in [4.69, 9.17) is 9.26 Å². The first-order chi connectivity index (χ1) is 13.5. The van der Waals surface area contributed by atoms with Crippen molar-refractivity contribution in [1.82, 2.24) is 10.1 Å². The van der Waals surface area contributed by atoms with Crippen LogP contribution < -0.4 is 5.32 Å². The molecule has 0 saturated heterocycles. The number of aromatic nitrogens is 2. The van der Waals surface area contributed by atoms with Gasteiger partial charge in [-0.3, -0.25) is 4.79 Å². The number of carbonyl (C=O) groups excluding carboxylic acids is 2. The molecular weight excluding hydrogens is 358 g/mol. The molecule has 144 valence electrons. The first kappa shape index (κ1) is 19.3. The molecule has 7 nitrogen and oxygen atoms in total. The quantitative estimate of drug-likeness (QED) is 0.626. The number of amides is 1. The maximum Gasteiger partial charge on any atom is 0.340 e. The van der Waals surface area contributed by atoms with E-state index in [2.05, 4.69) is 29.3 Å². The fraction of sp³-hybridized carbons (Fsp3) is 0.238. The third kappa shape index (κ3) is 5.03. The minimum Gasteiger partial charge on any atom is -0.452 e. The summed E-state index contributed by atoms with van der Waals surface area (Å²) in [6.07, 6.45) is 0.686. The average Bonchev–Trinajstić information content (AvgIpc) is 3.14. The zero-order valence-electron chi connectivity index (χ0n) is 15.7. The second kappa shape index (κ2) is 8.94. The van der Waals surface area contributed by atoms with Crippen molar-refractivity contribution in [2.24, 2.45) is 5.92 Å². The van der Waals surface area contributed by atoms with Crippen LogP contribution in [0.3, 0.4) is 0 Å². The van der Waals surface area contributed by atoms with Crippen LogP contribution in [0.2, 0.25) is 0 Å². The van der Waals surface area contributed by atoms with E-state index in [9.17, 15) is 9.59 Å². The van der Waals surface area contributed by atoms with Crippen molar-refractivity contribution in [2.75, 3.05) is 5.32 Å². The molecule has 0 saturated carbocycles. The van der Waals surface area contributed by atoms with Crippen LogP contribution in [0, 0.1) is 5.92 Å². The lowest BCUT2D eigenvalue weighted by atomic mass is 10.1. The Morgan fingerprint density at radius 1 is 1.07 bits per heavy atom. The highest BCUT2D eigenvalue weighted by Gasteiger charge is 2.17. The Balaban J connectivity index is 1.65. The van der Waals surface area contributed by atoms with Gasteiger partial charge in [-0.1, -0.05) is 49.3 Å². The Kier molecular flexibility index (Phi) is 6.16. The second-order valence-electron chi connectivity index (χ2n) is 6.64. The van der Waals surface area contributed by atoms with Gasteiger partial charge in [0.25, 0.3) is 11.8 Å². The van der Waals surface area contributed by atoms with Crippen molar-refractivity contribution in [2.45, 2.75) is 26.9 Å². The smallest absolute Gasteiger partial charge is 0.340 e. The molecule has 0 fully saturated rings. The summed E-state index contributed by atoms with van der Waals surface area (Å²) in [7, 11) is 0. The molecule has 0 atom stereocenters. The van der Waals surface area contributed by atoms with E-state index >= 15 is 0 Å². The number of esters is 1. The Morgan fingerprint density at radius 2 is 1.79 bits per heavy atom. The standard InChI is InChI=1S/C21H21N3O4/c1-14(2)12-18-23-19(28-24-18)13-27-21(26)16-10-6-7-11-17(16)22-20(25)15-8-4-3-5-9-15/h3-11,14H,12-13H2,1-2H3,(H,22,25). The highest BCUT2D eigenvalue weighted by molar-refractivity contribution is 6.07. The number of benzene rings is 2. The molecule has 1 N–H and O–H groups in total. The lowest BCUT2D eigenvalue weighted by molar-refractivity contribution is 0.0431. The molecule has 0 aliphatic heterocycles. The first-order valence-corrected chi connectivity index (χ1v) is 8.97. The van der Waals surface area contributed by atoms with Gasteiger partial charge in [-0.25, -0.2) is 4.79 Å². The van der Waals surface area contributed by atoms with Crippen LogP contribution in [0.4, 0.5) is 5.69 Å². The van der Waals surface area contributed by atoms with Crippen LogP contribution in [0.5, 0.6) is 0 Å². The van der Waals surface area contributed by atoms with Crippen LogP contribution in [-0.2, 0) is 17.8 Å². The minimum atomic E-state index is -0.590. The summed E-state index contributed by atoms with van der Waals surface area (Å²) in [4.78, 5) is 29.0. The molecular formula is C21H21N3O4. The molecule has 28 heavy (non-hydrogen) atoms. The van der Waals surface area contributed by atoms with Gasteiger partial charge < -0.3 is 14.6 Å². The van der Waals surface area contributed by atoms with E-state index in [1.807, 2.05) is 6.07 Å². The number of rotatable bonds is 7. The predicted octanol–water partition coefficient (Wildman–Crippen LogP) is 3.88. The molecule has 1 aromatic heterocycles. The number of hydrogen-bond acceptors (Lipinski definition) is 6. The van der Waals surface area contributed by atoms with Gasteiger partial charge >= 0.3 is 5.97 Å². The molecule has 0 aliphatic carbocycles. The number of nitrogens with one attached hydrogen (secondary N) is 1. The van der Waals surface area contributed by atoms with Crippen molar-refractivity contribution in [3.63, 3.8) is 0 Å². The molecule has 3 rings (SSSR count). The van der Waals surface area contributed by atoms with Crippen molar-refractivity contribution in [3.05, 3.63) is 77.4 Å². The zero-order valence-corrected chi connectivity index (χ0v) is 15.7. The summed E-state index contributed by atoms with van der Waals surface area (Å²) < 4.78 is 10.4. The number of anilines is 1. The lowest BCUT2D eigenvalue weighted by Gasteiger charge is -2.10. The Bertz CT molecular complexity index is 951. The minimum absolute atomic E-state index is 0.134. The van der Waals surface area contributed by atoms with Gasteiger partial charge in [0.05, 0.1) is 11.3 Å². The van der Waals surface area contributed by atoms with E-state index in [0.29, 0.717) is 29.4 Å². The molecule has 0 spiro atoms. The van der Waals surface area contributed by atoms with Gasteiger partial charge in [0.15, 0.2) is 12.4 Å². The van der Waals surface area contributed by atoms with Crippen molar-refractivity contribution in [3.8, 4) is 0 Å². The lowest BCUT2D eigenvalue weighted by Crippen LogP contribution is -2.15. The summed E-state index contributed by atoms with van der Waals surface area (Å²) >= 11 is 0. The molecule has 1 heterocycles. The fourth-order valence-electron chi connectivity index (χ4n) is 2.56. The predicted molar refractivity (Wildman–Crippen MR) is 103 cm³/mol. The second-order valence-corrected chi connectivity index (χ2v) is 6.64. The molecule has 0 unspecified atom stereocenters. The molecule has 0 aliphatic rings. The van der Waals surface area contributed by atoms with Gasteiger partial charge in [0.1, 0.15) is 0 Å². The Hall–Kier alpha value is -3.48. The van der Waals surface area contributed by atoms with Gasteiger partial charge in [-0.05, 0) is 30.2 Å². The summed E-state index contributed by atoms with van der Waals surface area (Å²) in [5, 5.41) is 6.60. The fourth-order valence-corrected chi connectivity index (χ4v) is 2.56. The average molecular weight is 379 g/mol. The number of para-hydroxylation sites is 1. The largest absolute Gasteiger partial charge is 0.452 e. The normalized spacial score (nSPS) is 10.7. The Morgan fingerprint density at radius 3 is 2.54 bits per heavy atom. The molecule has 0 bridgehead atoms. The van der Waals surface area contributed by atoms with Crippen LogP contribution in [-0.4, -0.2) is 22.0 Å². The molecule has 0 radical (unpaired) electrons. The molecule has 1 amide bonds. The van der Waals surface area contributed by atoms with Gasteiger partial charge in [0, 0.05) is 12.0 Å². The van der Waals surface area contributed by atoms with Crippen LogP contribution in [0.25, 0.3) is 0 Å². The van der Waals surface area contributed by atoms with Crippen molar-refractivity contribution in [1.29, 1.82) is 0 Å². The highest BCUT2D eigenvalue weighted by atomic mass is 16.6. The zero-order chi connectivity index (χ0) is 19.9. The molecule has 3 aromatic rings. The van der Waals surface area contributed by atoms with Crippen LogP contribution in [0.15, 0.2) is 59.1 Å². The summed E-state index contributed by atoms with van der Waals surface area (Å²) in [5.41, 5.74) is 1.11. The van der Waals surface area contributed by atoms with E-state index in [-0.39, 0.29) is 24.0 Å². The van der Waals surface area contributed by atoms with Crippen molar-refractivity contribution >= 4 is 17.6 Å². The third-order valence-electron chi connectivity index (χ3n) is 3.86. The van der Waals surface area contributed by atoms with E-state index in [0.717, 1.165) is 0 Å². The maximum atomic E-state index is 12.5. The van der Waals surface area contributed by atoms with Crippen LogP contribution >= 0.6 is 0 Å².